The predicted molar refractivity (Wildman–Crippen MR) is 81.7 cm³/mol. The van der Waals surface area contributed by atoms with Gasteiger partial charge < -0.3 is 10.4 Å². The van der Waals surface area contributed by atoms with Crippen LogP contribution in [0.2, 0.25) is 0 Å². The second kappa shape index (κ2) is 6.01. The Morgan fingerprint density at radius 2 is 2.05 bits per heavy atom. The monoisotopic (exact) mass is 282 g/mol. The average Bonchev–Trinajstić information content (AvgIpc) is 2.95. The third kappa shape index (κ3) is 3.25. The van der Waals surface area contributed by atoms with Crippen molar-refractivity contribution in [1.29, 1.82) is 0 Å². The molecule has 21 heavy (non-hydrogen) atoms. The summed E-state index contributed by atoms with van der Waals surface area (Å²) in [5.74, 6) is 1.78. The van der Waals surface area contributed by atoms with Gasteiger partial charge in [0.25, 0.3) is 0 Å². The maximum Gasteiger partial charge on any atom is 0.130 e. The Kier molecular flexibility index (Phi) is 3.92. The lowest BCUT2D eigenvalue weighted by molar-refractivity contribution is 0.250. The first kappa shape index (κ1) is 13.7. The van der Waals surface area contributed by atoms with Crippen LogP contribution in [0.25, 0.3) is 11.3 Å². The maximum atomic E-state index is 9.18. The molecule has 1 aliphatic rings. The van der Waals surface area contributed by atoms with Gasteiger partial charge in [-0.3, -0.25) is 4.98 Å². The molecule has 0 spiro atoms. The van der Waals surface area contributed by atoms with Crippen molar-refractivity contribution in [3.8, 4) is 11.3 Å². The van der Waals surface area contributed by atoms with E-state index in [2.05, 4.69) is 32.4 Å². The molecule has 2 aromatic rings. The normalized spacial score (nSPS) is 20.7. The van der Waals surface area contributed by atoms with Gasteiger partial charge in [0.1, 0.15) is 11.6 Å². The minimum absolute atomic E-state index is 0.194. The van der Waals surface area contributed by atoms with E-state index in [0.29, 0.717) is 0 Å². The van der Waals surface area contributed by atoms with Crippen molar-refractivity contribution in [2.45, 2.75) is 19.4 Å². The van der Waals surface area contributed by atoms with Crippen molar-refractivity contribution in [1.82, 2.24) is 15.0 Å². The van der Waals surface area contributed by atoms with E-state index in [1.165, 1.54) is 0 Å². The second-order valence-electron chi connectivity index (χ2n) is 5.24. The van der Waals surface area contributed by atoms with E-state index in [4.69, 9.17) is 0 Å². The van der Waals surface area contributed by atoms with E-state index in [1.807, 2.05) is 25.1 Å². The number of hydrogen-bond donors (Lipinski definition) is 2. The topological polar surface area (TPSA) is 70.9 Å². The summed E-state index contributed by atoms with van der Waals surface area (Å²) in [6, 6.07) is 6.02. The maximum absolute atomic E-state index is 9.18. The lowest BCUT2D eigenvalue weighted by Crippen LogP contribution is -2.17. The van der Waals surface area contributed by atoms with Crippen LogP contribution in [0.3, 0.4) is 0 Å². The number of aliphatic hydroxyl groups is 1. The number of rotatable bonds is 4. The Morgan fingerprint density at radius 3 is 2.76 bits per heavy atom. The molecule has 0 aromatic carbocycles. The van der Waals surface area contributed by atoms with Crippen LogP contribution in [0.4, 0.5) is 5.82 Å². The van der Waals surface area contributed by atoms with Gasteiger partial charge in [-0.05, 0) is 25.5 Å². The van der Waals surface area contributed by atoms with Gasteiger partial charge in [-0.2, -0.15) is 0 Å². The molecule has 0 fully saturated rings. The summed E-state index contributed by atoms with van der Waals surface area (Å²) in [7, 11) is 0. The fourth-order valence-corrected chi connectivity index (χ4v) is 2.52. The van der Waals surface area contributed by atoms with Crippen LogP contribution >= 0.6 is 0 Å². The molecular weight excluding hydrogens is 264 g/mol. The van der Waals surface area contributed by atoms with Crippen molar-refractivity contribution < 1.29 is 5.11 Å². The molecule has 5 nitrogen and oxygen atoms in total. The van der Waals surface area contributed by atoms with Crippen molar-refractivity contribution in [3.05, 3.63) is 48.6 Å². The van der Waals surface area contributed by atoms with Gasteiger partial charge in [0.15, 0.2) is 0 Å². The fourth-order valence-electron chi connectivity index (χ4n) is 2.52. The number of hydrogen-bond acceptors (Lipinski definition) is 5. The molecule has 5 heteroatoms. The highest BCUT2D eigenvalue weighted by Gasteiger charge is 2.18. The molecule has 3 rings (SSSR count). The molecule has 2 aromatic heterocycles. The van der Waals surface area contributed by atoms with Crippen LogP contribution in [0.15, 0.2) is 42.7 Å². The molecule has 2 atom stereocenters. The first-order chi connectivity index (χ1) is 10.2. The average molecular weight is 282 g/mol. The molecule has 0 unspecified atom stereocenters. The summed E-state index contributed by atoms with van der Waals surface area (Å²) in [6.45, 7) is 2.08. The van der Waals surface area contributed by atoms with Crippen LogP contribution < -0.4 is 5.32 Å². The first-order valence-electron chi connectivity index (χ1n) is 7.06. The Hall–Kier alpha value is -2.27. The van der Waals surface area contributed by atoms with Crippen molar-refractivity contribution >= 4 is 5.82 Å². The molecular formula is C16H18N4O. The highest BCUT2D eigenvalue weighted by molar-refractivity contribution is 5.62. The third-order valence-corrected chi connectivity index (χ3v) is 3.55. The third-order valence-electron chi connectivity index (χ3n) is 3.55. The van der Waals surface area contributed by atoms with Gasteiger partial charge in [-0.25, -0.2) is 9.97 Å². The minimum Gasteiger partial charge on any atom is -0.396 e. The van der Waals surface area contributed by atoms with Gasteiger partial charge in [0, 0.05) is 42.6 Å². The SMILES string of the molecule is Cc1nc(N[C@@H]2C=C[C@H](CO)C2)cc(-c2ccncc2)n1. The molecule has 2 N–H and O–H groups in total. The molecule has 1 aliphatic carbocycles. The first-order valence-corrected chi connectivity index (χ1v) is 7.06. The molecule has 0 saturated heterocycles. The number of aliphatic hydroxyl groups excluding tert-OH is 1. The van der Waals surface area contributed by atoms with Crippen LogP contribution in [0, 0.1) is 12.8 Å². The highest BCUT2D eigenvalue weighted by atomic mass is 16.3. The van der Waals surface area contributed by atoms with Crippen LogP contribution in [-0.4, -0.2) is 32.7 Å². The van der Waals surface area contributed by atoms with Crippen LogP contribution in [0.1, 0.15) is 12.2 Å². The largest absolute Gasteiger partial charge is 0.396 e. The zero-order valence-electron chi connectivity index (χ0n) is 11.9. The molecule has 0 amide bonds. The van der Waals surface area contributed by atoms with E-state index >= 15 is 0 Å². The number of aromatic nitrogens is 3. The number of nitrogens with one attached hydrogen (secondary N) is 1. The Balaban J connectivity index is 1.81. The summed E-state index contributed by atoms with van der Waals surface area (Å²) in [6.07, 6.45) is 8.54. The van der Waals surface area contributed by atoms with E-state index in [9.17, 15) is 5.11 Å². The van der Waals surface area contributed by atoms with Gasteiger partial charge >= 0.3 is 0 Å². The Morgan fingerprint density at radius 1 is 1.24 bits per heavy atom. The summed E-state index contributed by atoms with van der Waals surface area (Å²) < 4.78 is 0. The lowest BCUT2D eigenvalue weighted by Gasteiger charge is -2.14. The number of pyridine rings is 1. The highest BCUT2D eigenvalue weighted by Crippen LogP contribution is 2.23. The zero-order valence-corrected chi connectivity index (χ0v) is 11.9. The summed E-state index contributed by atoms with van der Waals surface area (Å²) in [4.78, 5) is 12.9. The van der Waals surface area contributed by atoms with Crippen molar-refractivity contribution in [2.24, 2.45) is 5.92 Å². The summed E-state index contributed by atoms with van der Waals surface area (Å²) in [5.41, 5.74) is 1.90. The minimum atomic E-state index is 0.194. The Bertz CT molecular complexity index is 642. The number of anilines is 1. The standard InChI is InChI=1S/C16H18N4O/c1-11-18-15(13-4-6-17-7-5-13)9-16(19-11)20-14-3-2-12(8-14)10-21/h2-7,9,12,14,21H,8,10H2,1H3,(H,18,19,20)/t12-,14+/m0/s1. The van der Waals surface area contributed by atoms with Gasteiger partial charge in [0.2, 0.25) is 0 Å². The lowest BCUT2D eigenvalue weighted by atomic mass is 10.1. The molecule has 0 aliphatic heterocycles. The summed E-state index contributed by atoms with van der Waals surface area (Å²) >= 11 is 0. The zero-order chi connectivity index (χ0) is 14.7. The predicted octanol–water partition coefficient (Wildman–Crippen LogP) is 2.20. The van der Waals surface area contributed by atoms with Gasteiger partial charge in [-0.1, -0.05) is 12.2 Å². The second-order valence-corrected chi connectivity index (χ2v) is 5.24. The van der Waals surface area contributed by atoms with E-state index in [0.717, 1.165) is 29.3 Å². The van der Waals surface area contributed by atoms with Crippen molar-refractivity contribution in [2.75, 3.05) is 11.9 Å². The quantitative estimate of drug-likeness (QED) is 0.841. The van der Waals surface area contributed by atoms with Crippen LogP contribution in [0.5, 0.6) is 0 Å². The van der Waals surface area contributed by atoms with E-state index < -0.39 is 0 Å². The molecule has 0 radical (unpaired) electrons. The molecule has 0 bridgehead atoms. The van der Waals surface area contributed by atoms with Gasteiger partial charge in [-0.15, -0.1) is 0 Å². The molecule has 0 saturated carbocycles. The smallest absolute Gasteiger partial charge is 0.130 e. The van der Waals surface area contributed by atoms with E-state index in [1.54, 1.807) is 12.4 Å². The molecule has 2 heterocycles. The number of nitrogens with zero attached hydrogens (tertiary/aromatic N) is 3. The molecule has 108 valence electrons. The van der Waals surface area contributed by atoms with Gasteiger partial charge in [0.05, 0.1) is 5.69 Å². The Labute approximate surface area is 123 Å². The van der Waals surface area contributed by atoms with Crippen molar-refractivity contribution in [3.63, 3.8) is 0 Å². The fraction of sp³-hybridized carbons (Fsp3) is 0.312. The summed E-state index contributed by atoms with van der Waals surface area (Å²) in [5, 5.41) is 12.6. The van der Waals surface area contributed by atoms with E-state index in [-0.39, 0.29) is 18.6 Å². The van der Waals surface area contributed by atoms with Crippen LogP contribution in [-0.2, 0) is 0 Å². The number of aryl methyl sites for hydroxylation is 1.